The summed E-state index contributed by atoms with van der Waals surface area (Å²) in [6, 6.07) is 0.401. The fourth-order valence-corrected chi connectivity index (χ4v) is 5.67. The number of methoxy groups -OCH3 is 1. The van der Waals surface area contributed by atoms with Crippen LogP contribution in [0.4, 0.5) is 4.79 Å². The lowest BCUT2D eigenvalue weighted by Crippen LogP contribution is -2.56. The first-order valence-electron chi connectivity index (χ1n) is 11.5. The number of nitrogens with one attached hydrogen (secondary N) is 1. The summed E-state index contributed by atoms with van der Waals surface area (Å²) in [7, 11) is 1.70. The Balaban J connectivity index is 1.40. The summed E-state index contributed by atoms with van der Waals surface area (Å²) in [6.07, 6.45) is 7.68. The highest BCUT2D eigenvalue weighted by Crippen LogP contribution is 2.59. The average Bonchev–Trinajstić information content (AvgIpc) is 3.61. The molecule has 3 unspecified atom stereocenters. The summed E-state index contributed by atoms with van der Waals surface area (Å²) in [5.74, 6) is 0.0461. The van der Waals surface area contributed by atoms with Crippen LogP contribution in [0.1, 0.15) is 65.7 Å². The molecule has 7 heteroatoms. The maximum atomic E-state index is 12.6. The lowest BCUT2D eigenvalue weighted by Gasteiger charge is -2.42. The first kappa shape index (κ1) is 22.1. The smallest absolute Gasteiger partial charge is 0.407 e. The van der Waals surface area contributed by atoms with Gasteiger partial charge in [0.1, 0.15) is 23.4 Å². The van der Waals surface area contributed by atoms with Crippen LogP contribution in [-0.2, 0) is 18.9 Å². The van der Waals surface area contributed by atoms with E-state index >= 15 is 0 Å². The third-order valence-corrected chi connectivity index (χ3v) is 7.59. The van der Waals surface area contributed by atoms with Crippen molar-refractivity contribution in [2.45, 2.75) is 107 Å². The number of hydrogen-bond donors (Lipinski definition) is 2. The first-order valence-corrected chi connectivity index (χ1v) is 11.5. The predicted octanol–water partition coefficient (Wildman–Crippen LogP) is 3.06. The van der Waals surface area contributed by atoms with E-state index in [-0.39, 0.29) is 53.6 Å². The molecule has 1 spiro atoms. The van der Waals surface area contributed by atoms with Gasteiger partial charge in [-0.15, -0.1) is 0 Å². The van der Waals surface area contributed by atoms with Crippen LogP contribution in [0.15, 0.2) is 11.6 Å². The summed E-state index contributed by atoms with van der Waals surface area (Å²) < 4.78 is 24.0. The van der Waals surface area contributed by atoms with Gasteiger partial charge in [-0.1, -0.05) is 11.6 Å². The molecule has 3 N–H and O–H groups in total. The standard InChI is InChI=1S/C23H38N2O5/c1-14(2)5-10-18-22(3,30-18)20-19(27-4)17(11-12-23(20)13-28-23)29-21(26)25-16-8-6-15(24)7-9-16/h5,15-20H,6-13,24H2,1-4H3,(H,25,26)/t15?,16?,17?,18-,19?,20?,22+,23+/m1/s1. The van der Waals surface area contributed by atoms with Crippen LogP contribution in [0, 0.1) is 5.92 Å². The van der Waals surface area contributed by atoms with Crippen molar-refractivity contribution in [1.82, 2.24) is 5.32 Å². The molecule has 0 aromatic rings. The van der Waals surface area contributed by atoms with E-state index in [2.05, 4.69) is 32.2 Å². The lowest BCUT2D eigenvalue weighted by molar-refractivity contribution is -0.118. The van der Waals surface area contributed by atoms with Gasteiger partial charge in [-0.3, -0.25) is 0 Å². The van der Waals surface area contributed by atoms with Gasteiger partial charge in [-0.05, 0) is 65.7 Å². The quantitative estimate of drug-likeness (QED) is 0.504. The predicted molar refractivity (Wildman–Crippen MR) is 113 cm³/mol. The molecule has 0 aromatic carbocycles. The van der Waals surface area contributed by atoms with Crippen LogP contribution in [-0.4, -0.2) is 61.4 Å². The third-order valence-electron chi connectivity index (χ3n) is 7.59. The van der Waals surface area contributed by atoms with Crippen molar-refractivity contribution < 1.29 is 23.7 Å². The molecular weight excluding hydrogens is 384 g/mol. The zero-order valence-corrected chi connectivity index (χ0v) is 18.8. The van der Waals surface area contributed by atoms with Crippen LogP contribution < -0.4 is 11.1 Å². The Morgan fingerprint density at radius 3 is 2.53 bits per heavy atom. The number of allylic oxidation sites excluding steroid dienone is 1. The molecule has 4 rings (SSSR count). The number of amides is 1. The van der Waals surface area contributed by atoms with E-state index in [9.17, 15) is 4.79 Å². The van der Waals surface area contributed by atoms with Gasteiger partial charge in [0.25, 0.3) is 0 Å². The number of rotatable bonds is 6. The van der Waals surface area contributed by atoms with Crippen molar-refractivity contribution >= 4 is 6.09 Å². The highest BCUT2D eigenvalue weighted by atomic mass is 16.6. The second-order valence-electron chi connectivity index (χ2n) is 10.1. The van der Waals surface area contributed by atoms with Gasteiger partial charge >= 0.3 is 6.09 Å². The molecular formula is C23H38N2O5. The Kier molecular flexibility index (Phi) is 6.19. The monoisotopic (exact) mass is 422 g/mol. The molecule has 2 aliphatic carbocycles. The van der Waals surface area contributed by atoms with E-state index in [0.717, 1.165) is 51.6 Å². The van der Waals surface area contributed by atoms with Gasteiger partial charge < -0.3 is 30.0 Å². The van der Waals surface area contributed by atoms with Crippen LogP contribution in [0.2, 0.25) is 0 Å². The van der Waals surface area contributed by atoms with Crippen LogP contribution in [0.3, 0.4) is 0 Å². The molecule has 2 heterocycles. The van der Waals surface area contributed by atoms with Crippen molar-refractivity contribution in [3.63, 3.8) is 0 Å². The molecule has 4 fully saturated rings. The van der Waals surface area contributed by atoms with Gasteiger partial charge in [-0.2, -0.15) is 0 Å². The van der Waals surface area contributed by atoms with Gasteiger partial charge in [0.15, 0.2) is 0 Å². The SMILES string of the molecule is COC1C(OC(=O)NC2CCC(N)CC2)CC[C@]2(CO2)C1[C@@]1(C)O[C@@H]1CC=C(C)C. The first-order chi connectivity index (χ1) is 14.3. The van der Waals surface area contributed by atoms with E-state index in [4.69, 9.17) is 24.7 Å². The van der Waals surface area contributed by atoms with Crippen molar-refractivity contribution in [2.75, 3.05) is 13.7 Å². The fraction of sp³-hybridized carbons (Fsp3) is 0.870. The molecule has 1 amide bonds. The number of carbonyl (C=O) groups is 1. The Morgan fingerprint density at radius 1 is 1.23 bits per heavy atom. The molecule has 2 saturated heterocycles. The summed E-state index contributed by atoms with van der Waals surface area (Å²) in [5, 5.41) is 3.04. The largest absolute Gasteiger partial charge is 0.443 e. The number of hydrogen-bond acceptors (Lipinski definition) is 6. The molecule has 4 aliphatic rings. The lowest BCUT2D eigenvalue weighted by atomic mass is 9.68. The summed E-state index contributed by atoms with van der Waals surface area (Å²) in [4.78, 5) is 12.6. The van der Waals surface area contributed by atoms with E-state index < -0.39 is 0 Å². The molecule has 2 aliphatic heterocycles. The van der Waals surface area contributed by atoms with Crippen LogP contribution in [0.5, 0.6) is 0 Å². The molecule has 0 radical (unpaired) electrons. The van der Waals surface area contributed by atoms with Gasteiger partial charge in [-0.25, -0.2) is 4.79 Å². The normalized spacial score (nSPS) is 45.0. The Bertz CT molecular complexity index is 667. The number of nitrogens with two attached hydrogens (primary N) is 1. The van der Waals surface area contributed by atoms with Gasteiger partial charge in [0.2, 0.25) is 0 Å². The van der Waals surface area contributed by atoms with Crippen molar-refractivity contribution in [1.29, 1.82) is 0 Å². The summed E-state index contributed by atoms with van der Waals surface area (Å²) in [6.45, 7) is 7.09. The second kappa shape index (κ2) is 8.41. The highest BCUT2D eigenvalue weighted by Gasteiger charge is 2.72. The molecule has 7 nitrogen and oxygen atoms in total. The minimum Gasteiger partial charge on any atom is -0.443 e. The Labute approximate surface area is 180 Å². The average molecular weight is 423 g/mol. The molecule has 30 heavy (non-hydrogen) atoms. The maximum absolute atomic E-state index is 12.6. The van der Waals surface area contributed by atoms with E-state index in [1.807, 2.05) is 0 Å². The molecule has 0 bridgehead atoms. The van der Waals surface area contributed by atoms with Gasteiger partial charge in [0.05, 0.1) is 18.6 Å². The molecule has 170 valence electrons. The van der Waals surface area contributed by atoms with Crippen molar-refractivity contribution in [2.24, 2.45) is 11.7 Å². The number of alkyl carbamates (subject to hydrolysis) is 1. The van der Waals surface area contributed by atoms with E-state index in [1.54, 1.807) is 7.11 Å². The summed E-state index contributed by atoms with van der Waals surface area (Å²) >= 11 is 0. The number of carbonyl (C=O) groups excluding carboxylic acids is 1. The molecule has 6 atom stereocenters. The van der Waals surface area contributed by atoms with E-state index in [1.165, 1.54) is 5.57 Å². The third kappa shape index (κ3) is 4.40. The van der Waals surface area contributed by atoms with Crippen LogP contribution in [0.25, 0.3) is 0 Å². The highest BCUT2D eigenvalue weighted by molar-refractivity contribution is 5.68. The zero-order valence-electron chi connectivity index (χ0n) is 18.8. The van der Waals surface area contributed by atoms with E-state index in [0.29, 0.717) is 0 Å². The molecule has 2 saturated carbocycles. The zero-order chi connectivity index (χ0) is 21.5. The van der Waals surface area contributed by atoms with Crippen molar-refractivity contribution in [3.05, 3.63) is 11.6 Å². The Morgan fingerprint density at radius 2 is 1.93 bits per heavy atom. The van der Waals surface area contributed by atoms with Crippen molar-refractivity contribution in [3.8, 4) is 0 Å². The van der Waals surface area contributed by atoms with Gasteiger partial charge in [0, 0.05) is 19.2 Å². The fourth-order valence-electron chi connectivity index (χ4n) is 5.67. The minimum atomic E-state index is -0.350. The molecule has 0 aromatic heterocycles. The summed E-state index contributed by atoms with van der Waals surface area (Å²) in [5.41, 5.74) is 6.74. The maximum Gasteiger partial charge on any atom is 0.407 e. The minimum absolute atomic E-state index is 0.0461. The second-order valence-corrected chi connectivity index (χ2v) is 10.1. The van der Waals surface area contributed by atoms with Crippen LogP contribution >= 0.6 is 0 Å². The number of epoxide rings is 2. The topological polar surface area (TPSA) is 98.6 Å². The Hall–Kier alpha value is -1.15. The number of ether oxygens (including phenoxy) is 4.